The molecule has 0 bridgehead atoms. The SMILES string of the molecule is CCN(C(=O)CSc1nnc(-c2ccccc2F)n1C1CCCCC1)c1cccc2ccccc12. The lowest BCUT2D eigenvalue weighted by atomic mass is 9.95. The van der Waals surface area contributed by atoms with Crippen molar-refractivity contribution in [3.63, 3.8) is 0 Å². The van der Waals surface area contributed by atoms with Crippen LogP contribution in [0.4, 0.5) is 10.1 Å². The normalized spacial score (nSPS) is 14.3. The maximum absolute atomic E-state index is 14.7. The van der Waals surface area contributed by atoms with Crippen molar-refractivity contribution in [1.29, 1.82) is 0 Å². The summed E-state index contributed by atoms with van der Waals surface area (Å²) in [6, 6.07) is 21.1. The first-order valence-electron chi connectivity index (χ1n) is 12.3. The van der Waals surface area contributed by atoms with Crippen molar-refractivity contribution in [3.8, 4) is 11.4 Å². The second-order valence-electron chi connectivity index (χ2n) is 8.87. The van der Waals surface area contributed by atoms with Crippen LogP contribution in [-0.2, 0) is 4.79 Å². The van der Waals surface area contributed by atoms with Gasteiger partial charge in [0.25, 0.3) is 0 Å². The van der Waals surface area contributed by atoms with E-state index in [9.17, 15) is 9.18 Å². The minimum atomic E-state index is -0.308. The van der Waals surface area contributed by atoms with Gasteiger partial charge in [-0.2, -0.15) is 0 Å². The van der Waals surface area contributed by atoms with Gasteiger partial charge < -0.3 is 4.90 Å². The molecule has 0 radical (unpaired) electrons. The molecule has 5 nitrogen and oxygen atoms in total. The summed E-state index contributed by atoms with van der Waals surface area (Å²) in [6.45, 7) is 2.56. The molecular formula is C28H29FN4OS. The van der Waals surface area contributed by atoms with Crippen LogP contribution < -0.4 is 4.90 Å². The summed E-state index contributed by atoms with van der Waals surface area (Å²) in [5, 5.41) is 11.7. The molecule has 0 aliphatic heterocycles. The van der Waals surface area contributed by atoms with Gasteiger partial charge in [0.15, 0.2) is 11.0 Å². The molecule has 3 aromatic carbocycles. The van der Waals surface area contributed by atoms with Crippen LogP contribution in [0.25, 0.3) is 22.2 Å². The van der Waals surface area contributed by atoms with Crippen molar-refractivity contribution < 1.29 is 9.18 Å². The highest BCUT2D eigenvalue weighted by atomic mass is 32.2. The predicted molar refractivity (Wildman–Crippen MR) is 140 cm³/mol. The number of amides is 1. The van der Waals surface area contributed by atoms with Gasteiger partial charge in [-0.05, 0) is 43.4 Å². The van der Waals surface area contributed by atoms with E-state index >= 15 is 0 Å². The average Bonchev–Trinajstić information content (AvgIpc) is 3.32. The van der Waals surface area contributed by atoms with Crippen LogP contribution in [0.3, 0.4) is 0 Å². The first kappa shape index (κ1) is 23.5. The van der Waals surface area contributed by atoms with Gasteiger partial charge in [-0.25, -0.2) is 4.39 Å². The lowest BCUT2D eigenvalue weighted by Crippen LogP contribution is -2.32. The Morgan fingerprint density at radius 1 is 1.00 bits per heavy atom. The number of halogens is 1. The highest BCUT2D eigenvalue weighted by Crippen LogP contribution is 2.36. The average molecular weight is 489 g/mol. The maximum Gasteiger partial charge on any atom is 0.237 e. The van der Waals surface area contributed by atoms with Gasteiger partial charge in [0.2, 0.25) is 5.91 Å². The zero-order valence-electron chi connectivity index (χ0n) is 19.9. The Balaban J connectivity index is 1.43. The third-order valence-corrected chi connectivity index (χ3v) is 7.65. The molecule has 1 saturated carbocycles. The van der Waals surface area contributed by atoms with Crippen molar-refractivity contribution in [2.75, 3.05) is 17.2 Å². The van der Waals surface area contributed by atoms with E-state index in [1.807, 2.05) is 48.2 Å². The molecule has 1 aliphatic carbocycles. The molecule has 1 aliphatic rings. The first-order chi connectivity index (χ1) is 17.2. The number of benzene rings is 3. The molecule has 0 N–H and O–H groups in total. The van der Waals surface area contributed by atoms with Crippen LogP contribution in [-0.4, -0.2) is 33.0 Å². The lowest BCUT2D eigenvalue weighted by Gasteiger charge is -2.26. The maximum atomic E-state index is 14.7. The Morgan fingerprint density at radius 3 is 2.54 bits per heavy atom. The molecular weight excluding hydrogens is 459 g/mol. The van der Waals surface area contributed by atoms with Crippen LogP contribution in [0, 0.1) is 5.82 Å². The predicted octanol–water partition coefficient (Wildman–Crippen LogP) is 6.89. The van der Waals surface area contributed by atoms with Crippen LogP contribution in [0.2, 0.25) is 0 Å². The smallest absolute Gasteiger partial charge is 0.237 e. The Kier molecular flexibility index (Phi) is 7.13. The van der Waals surface area contributed by atoms with Crippen molar-refractivity contribution in [1.82, 2.24) is 14.8 Å². The van der Waals surface area contributed by atoms with Crippen LogP contribution in [0.1, 0.15) is 45.1 Å². The van der Waals surface area contributed by atoms with Gasteiger partial charge in [0.05, 0.1) is 17.0 Å². The van der Waals surface area contributed by atoms with Crippen molar-refractivity contribution >= 4 is 34.1 Å². The Hall–Kier alpha value is -3.19. The summed E-state index contributed by atoms with van der Waals surface area (Å²) >= 11 is 1.39. The zero-order valence-corrected chi connectivity index (χ0v) is 20.7. The number of nitrogens with zero attached hydrogens (tertiary/aromatic N) is 4. The Bertz CT molecular complexity index is 1330. The number of hydrogen-bond acceptors (Lipinski definition) is 4. The van der Waals surface area contributed by atoms with E-state index in [-0.39, 0.29) is 23.5 Å². The van der Waals surface area contributed by atoms with Crippen molar-refractivity contribution in [2.24, 2.45) is 0 Å². The van der Waals surface area contributed by atoms with Crippen molar-refractivity contribution in [2.45, 2.75) is 50.2 Å². The zero-order chi connectivity index (χ0) is 24.2. The Labute approximate surface area is 209 Å². The molecule has 4 aromatic rings. The number of thioether (sulfide) groups is 1. The topological polar surface area (TPSA) is 51.0 Å². The second-order valence-corrected chi connectivity index (χ2v) is 9.82. The van der Waals surface area contributed by atoms with Crippen LogP contribution >= 0.6 is 11.8 Å². The van der Waals surface area contributed by atoms with Gasteiger partial charge in [0, 0.05) is 18.0 Å². The van der Waals surface area contributed by atoms with Gasteiger partial charge in [-0.3, -0.25) is 9.36 Å². The third-order valence-electron chi connectivity index (χ3n) is 6.72. The lowest BCUT2D eigenvalue weighted by molar-refractivity contribution is -0.116. The van der Waals surface area contributed by atoms with Gasteiger partial charge in [-0.1, -0.05) is 79.6 Å². The van der Waals surface area contributed by atoms with Gasteiger partial charge in [0.1, 0.15) is 5.82 Å². The molecule has 35 heavy (non-hydrogen) atoms. The fourth-order valence-electron chi connectivity index (χ4n) is 5.00. The van der Waals surface area contributed by atoms with E-state index in [1.54, 1.807) is 12.1 Å². The number of rotatable bonds is 7. The van der Waals surface area contributed by atoms with Crippen LogP contribution in [0.5, 0.6) is 0 Å². The molecule has 0 spiro atoms. The molecule has 0 saturated heterocycles. The summed E-state index contributed by atoms with van der Waals surface area (Å²) in [5.74, 6) is 0.489. The molecule has 5 rings (SSSR count). The van der Waals surface area contributed by atoms with E-state index in [0.29, 0.717) is 23.1 Å². The summed E-state index contributed by atoms with van der Waals surface area (Å²) in [6.07, 6.45) is 5.50. The molecule has 1 fully saturated rings. The molecule has 180 valence electrons. The molecule has 1 amide bonds. The van der Waals surface area contributed by atoms with E-state index in [0.717, 1.165) is 42.1 Å². The number of fused-ring (bicyclic) bond motifs is 1. The van der Waals surface area contributed by atoms with Crippen LogP contribution in [0.15, 0.2) is 71.9 Å². The summed E-state index contributed by atoms with van der Waals surface area (Å²) in [5.41, 5.74) is 1.37. The Morgan fingerprint density at radius 2 is 1.74 bits per heavy atom. The molecule has 0 atom stereocenters. The highest BCUT2D eigenvalue weighted by molar-refractivity contribution is 7.99. The fraction of sp³-hybridized carbons (Fsp3) is 0.321. The fourth-order valence-corrected chi connectivity index (χ4v) is 5.88. The summed E-state index contributed by atoms with van der Waals surface area (Å²) in [7, 11) is 0. The van der Waals surface area contributed by atoms with Crippen molar-refractivity contribution in [3.05, 3.63) is 72.5 Å². The molecule has 7 heteroatoms. The summed E-state index contributed by atoms with van der Waals surface area (Å²) in [4.78, 5) is 15.2. The number of anilines is 1. The van der Waals surface area contributed by atoms with E-state index in [4.69, 9.17) is 0 Å². The molecule has 1 heterocycles. The number of hydrogen-bond donors (Lipinski definition) is 0. The quantitative estimate of drug-likeness (QED) is 0.266. The number of aromatic nitrogens is 3. The van der Waals surface area contributed by atoms with E-state index < -0.39 is 0 Å². The second kappa shape index (κ2) is 10.6. The number of carbonyl (C=O) groups is 1. The van der Waals surface area contributed by atoms with Gasteiger partial charge >= 0.3 is 0 Å². The first-order valence-corrected chi connectivity index (χ1v) is 13.3. The van der Waals surface area contributed by atoms with E-state index in [2.05, 4.69) is 26.9 Å². The highest BCUT2D eigenvalue weighted by Gasteiger charge is 2.26. The largest absolute Gasteiger partial charge is 0.311 e. The number of carbonyl (C=O) groups excluding carboxylic acids is 1. The minimum absolute atomic E-state index is 0.0134. The molecule has 1 aromatic heterocycles. The third kappa shape index (κ3) is 4.82. The molecule has 0 unspecified atom stereocenters. The summed E-state index contributed by atoms with van der Waals surface area (Å²) < 4.78 is 16.7. The monoisotopic (exact) mass is 488 g/mol. The van der Waals surface area contributed by atoms with Gasteiger partial charge in [-0.15, -0.1) is 10.2 Å². The van der Waals surface area contributed by atoms with E-state index in [1.165, 1.54) is 24.2 Å². The standard InChI is InChI=1S/C28H29FN4OS/c1-2-32(25-18-10-12-20-11-6-7-15-22(20)25)26(34)19-35-28-31-30-27(23-16-8-9-17-24(23)29)33(28)21-13-4-3-5-14-21/h6-12,15-18,21H,2-5,13-14,19H2,1H3. The minimum Gasteiger partial charge on any atom is -0.311 e.